The molecule has 1 amide bonds. The van der Waals surface area contributed by atoms with Gasteiger partial charge in [0.25, 0.3) is 5.91 Å². The van der Waals surface area contributed by atoms with Crippen LogP contribution in [0.15, 0.2) is 42.6 Å². The van der Waals surface area contributed by atoms with Crippen LogP contribution in [-0.2, 0) is 11.3 Å². The summed E-state index contributed by atoms with van der Waals surface area (Å²) < 4.78 is 5.79. The summed E-state index contributed by atoms with van der Waals surface area (Å²) in [4.78, 5) is 21.6. The zero-order valence-corrected chi connectivity index (χ0v) is 17.9. The Morgan fingerprint density at radius 2 is 1.76 bits per heavy atom. The molecular formula is C23H32N4O2. The van der Waals surface area contributed by atoms with Gasteiger partial charge in [0.1, 0.15) is 5.82 Å². The van der Waals surface area contributed by atoms with Gasteiger partial charge >= 0.3 is 0 Å². The molecule has 0 radical (unpaired) electrons. The molecule has 3 rings (SSSR count). The van der Waals surface area contributed by atoms with E-state index >= 15 is 0 Å². The molecule has 1 aliphatic rings. The Morgan fingerprint density at radius 1 is 1.10 bits per heavy atom. The fourth-order valence-electron chi connectivity index (χ4n) is 3.83. The number of nitrogens with zero attached hydrogens (tertiary/aromatic N) is 3. The number of ether oxygens (including phenoxy) is 1. The number of carbonyl (C=O) groups excluding carboxylic acids is 1. The lowest BCUT2D eigenvalue weighted by Crippen LogP contribution is -2.44. The maximum atomic E-state index is 12.6. The van der Waals surface area contributed by atoms with Crippen molar-refractivity contribution in [3.63, 3.8) is 0 Å². The van der Waals surface area contributed by atoms with Gasteiger partial charge in [-0.25, -0.2) is 4.98 Å². The molecule has 0 spiro atoms. The SMILES string of the molecule is CCN(CC)c1ccc(NC(=O)c2ccc(CN3CC(C)OC(C)C3)cc2)cn1. The van der Waals surface area contributed by atoms with Gasteiger partial charge in [-0.05, 0) is 57.5 Å². The smallest absolute Gasteiger partial charge is 0.255 e. The van der Waals surface area contributed by atoms with E-state index in [-0.39, 0.29) is 18.1 Å². The minimum Gasteiger partial charge on any atom is -0.373 e. The van der Waals surface area contributed by atoms with E-state index < -0.39 is 0 Å². The van der Waals surface area contributed by atoms with E-state index in [9.17, 15) is 4.79 Å². The highest BCUT2D eigenvalue weighted by Gasteiger charge is 2.22. The second kappa shape index (κ2) is 9.85. The van der Waals surface area contributed by atoms with Gasteiger partial charge in [-0.2, -0.15) is 0 Å². The van der Waals surface area contributed by atoms with Crippen LogP contribution >= 0.6 is 0 Å². The van der Waals surface area contributed by atoms with E-state index in [2.05, 4.69) is 47.8 Å². The van der Waals surface area contributed by atoms with Crippen LogP contribution in [0, 0.1) is 0 Å². The van der Waals surface area contributed by atoms with Crippen molar-refractivity contribution in [1.29, 1.82) is 0 Å². The third-order valence-corrected chi connectivity index (χ3v) is 5.21. The van der Waals surface area contributed by atoms with Gasteiger partial charge in [0, 0.05) is 38.3 Å². The lowest BCUT2D eigenvalue weighted by molar-refractivity contribution is -0.0704. The topological polar surface area (TPSA) is 57.7 Å². The maximum absolute atomic E-state index is 12.6. The van der Waals surface area contributed by atoms with Gasteiger partial charge in [0.15, 0.2) is 0 Å². The minimum absolute atomic E-state index is 0.123. The Hall–Kier alpha value is -2.44. The van der Waals surface area contributed by atoms with Crippen LogP contribution in [0.5, 0.6) is 0 Å². The summed E-state index contributed by atoms with van der Waals surface area (Å²) in [5.41, 5.74) is 2.55. The summed E-state index contributed by atoms with van der Waals surface area (Å²) >= 11 is 0. The number of morpholine rings is 1. The van der Waals surface area contributed by atoms with E-state index in [0.29, 0.717) is 11.3 Å². The standard InChI is InChI=1S/C23H32N4O2/c1-5-27(6-2)22-12-11-21(13-24-22)25-23(28)20-9-7-19(8-10-20)16-26-14-17(3)29-18(4)15-26/h7-13,17-18H,5-6,14-16H2,1-4H3,(H,25,28). The molecule has 1 aromatic heterocycles. The number of aromatic nitrogens is 1. The van der Waals surface area contributed by atoms with Gasteiger partial charge < -0.3 is 15.0 Å². The van der Waals surface area contributed by atoms with E-state index in [1.54, 1.807) is 6.20 Å². The van der Waals surface area contributed by atoms with E-state index in [4.69, 9.17) is 4.74 Å². The number of hydrogen-bond acceptors (Lipinski definition) is 5. The van der Waals surface area contributed by atoms with Crippen LogP contribution < -0.4 is 10.2 Å². The molecule has 6 heteroatoms. The molecule has 0 aliphatic carbocycles. The molecule has 1 fully saturated rings. The van der Waals surface area contributed by atoms with E-state index in [1.165, 1.54) is 5.56 Å². The second-order valence-corrected chi connectivity index (χ2v) is 7.68. The molecule has 1 saturated heterocycles. The first-order chi connectivity index (χ1) is 14.0. The lowest BCUT2D eigenvalue weighted by Gasteiger charge is -2.35. The summed E-state index contributed by atoms with van der Waals surface area (Å²) in [5.74, 6) is 0.798. The Kier molecular flexibility index (Phi) is 7.23. The highest BCUT2D eigenvalue weighted by molar-refractivity contribution is 6.04. The summed E-state index contributed by atoms with van der Waals surface area (Å²) in [6, 6.07) is 11.7. The third kappa shape index (κ3) is 5.78. The molecule has 0 bridgehead atoms. The van der Waals surface area contributed by atoms with E-state index in [1.807, 2.05) is 36.4 Å². The molecule has 1 aromatic carbocycles. The quantitative estimate of drug-likeness (QED) is 0.772. The summed E-state index contributed by atoms with van der Waals surface area (Å²) in [6.45, 7) is 13.0. The van der Waals surface area contributed by atoms with Crippen LogP contribution in [0.1, 0.15) is 43.6 Å². The molecule has 6 nitrogen and oxygen atoms in total. The van der Waals surface area contributed by atoms with Gasteiger partial charge in [0.2, 0.25) is 0 Å². The summed E-state index contributed by atoms with van der Waals surface area (Å²) in [5, 5.41) is 2.93. The zero-order chi connectivity index (χ0) is 20.8. The average Bonchev–Trinajstić information content (AvgIpc) is 2.70. The first-order valence-electron chi connectivity index (χ1n) is 10.5. The molecule has 1 N–H and O–H groups in total. The van der Waals surface area contributed by atoms with Gasteiger partial charge in [-0.15, -0.1) is 0 Å². The highest BCUT2D eigenvalue weighted by Crippen LogP contribution is 2.17. The molecule has 2 atom stereocenters. The van der Waals surface area contributed by atoms with Crippen molar-refractivity contribution in [2.45, 2.75) is 46.4 Å². The van der Waals surface area contributed by atoms with Crippen LogP contribution in [0.4, 0.5) is 11.5 Å². The number of anilines is 2. The normalized spacial score (nSPS) is 19.7. The van der Waals surface area contributed by atoms with Crippen molar-refractivity contribution in [3.8, 4) is 0 Å². The number of hydrogen-bond donors (Lipinski definition) is 1. The predicted molar refractivity (Wildman–Crippen MR) is 117 cm³/mol. The number of carbonyl (C=O) groups is 1. The second-order valence-electron chi connectivity index (χ2n) is 7.68. The first-order valence-corrected chi connectivity index (χ1v) is 10.5. The maximum Gasteiger partial charge on any atom is 0.255 e. The monoisotopic (exact) mass is 396 g/mol. The van der Waals surface area contributed by atoms with Crippen LogP contribution in [0.3, 0.4) is 0 Å². The zero-order valence-electron chi connectivity index (χ0n) is 17.9. The highest BCUT2D eigenvalue weighted by atomic mass is 16.5. The molecule has 156 valence electrons. The fourth-order valence-corrected chi connectivity index (χ4v) is 3.83. The molecular weight excluding hydrogens is 364 g/mol. The predicted octanol–water partition coefficient (Wildman–Crippen LogP) is 3.79. The van der Waals surface area contributed by atoms with Crippen LogP contribution in [-0.4, -0.2) is 54.2 Å². The average molecular weight is 397 g/mol. The molecule has 2 aromatic rings. The molecule has 2 unspecified atom stereocenters. The van der Waals surface area contributed by atoms with Crippen molar-refractivity contribution >= 4 is 17.4 Å². The summed E-state index contributed by atoms with van der Waals surface area (Å²) in [7, 11) is 0. The molecule has 0 saturated carbocycles. The van der Waals surface area contributed by atoms with Gasteiger partial charge in [0.05, 0.1) is 24.1 Å². The van der Waals surface area contributed by atoms with Gasteiger partial charge in [-0.1, -0.05) is 12.1 Å². The fraction of sp³-hybridized carbons (Fsp3) is 0.478. The van der Waals surface area contributed by atoms with Crippen molar-refractivity contribution in [1.82, 2.24) is 9.88 Å². The Bertz CT molecular complexity index is 778. The molecule has 2 heterocycles. The van der Waals surface area contributed by atoms with Gasteiger partial charge in [-0.3, -0.25) is 9.69 Å². The largest absolute Gasteiger partial charge is 0.373 e. The van der Waals surface area contributed by atoms with Crippen molar-refractivity contribution in [2.75, 3.05) is 36.4 Å². The van der Waals surface area contributed by atoms with Crippen LogP contribution in [0.25, 0.3) is 0 Å². The number of rotatable bonds is 7. The minimum atomic E-state index is -0.123. The third-order valence-electron chi connectivity index (χ3n) is 5.21. The van der Waals surface area contributed by atoms with Crippen LogP contribution in [0.2, 0.25) is 0 Å². The number of amides is 1. The van der Waals surface area contributed by atoms with E-state index in [0.717, 1.165) is 38.5 Å². The Morgan fingerprint density at radius 3 is 2.31 bits per heavy atom. The molecule has 1 aliphatic heterocycles. The number of nitrogens with one attached hydrogen (secondary N) is 1. The van der Waals surface area contributed by atoms with Crippen molar-refractivity contribution < 1.29 is 9.53 Å². The Labute approximate surface area is 173 Å². The lowest BCUT2D eigenvalue weighted by atomic mass is 10.1. The van der Waals surface area contributed by atoms with Crippen molar-refractivity contribution in [3.05, 3.63) is 53.7 Å². The summed E-state index contributed by atoms with van der Waals surface area (Å²) in [6.07, 6.45) is 2.22. The first kappa shape index (κ1) is 21.3. The molecule has 29 heavy (non-hydrogen) atoms. The Balaban J connectivity index is 1.57. The van der Waals surface area contributed by atoms with Crippen molar-refractivity contribution in [2.24, 2.45) is 0 Å². The number of pyridine rings is 1. The number of benzene rings is 1.